The molecular weight excluding hydrogens is 351 g/mol. The number of amides is 2. The van der Waals surface area contributed by atoms with Gasteiger partial charge in [-0.1, -0.05) is 31.0 Å². The van der Waals surface area contributed by atoms with E-state index in [4.69, 9.17) is 0 Å². The van der Waals surface area contributed by atoms with Crippen molar-refractivity contribution >= 4 is 23.2 Å². The summed E-state index contributed by atoms with van der Waals surface area (Å²) < 4.78 is 13.2. The molecule has 6 heteroatoms. The molecule has 2 aromatic rings. The zero-order chi connectivity index (χ0) is 18.4. The lowest BCUT2D eigenvalue weighted by Gasteiger charge is -2.25. The van der Waals surface area contributed by atoms with E-state index in [1.165, 1.54) is 23.5 Å². The van der Waals surface area contributed by atoms with Gasteiger partial charge in [-0.15, -0.1) is 11.3 Å². The van der Waals surface area contributed by atoms with E-state index in [2.05, 4.69) is 10.6 Å². The molecule has 1 aromatic carbocycles. The number of hydrogen-bond acceptors (Lipinski definition) is 3. The Bertz CT molecular complexity index is 725. The van der Waals surface area contributed by atoms with E-state index < -0.39 is 0 Å². The molecule has 4 nitrogen and oxygen atoms in total. The predicted molar refractivity (Wildman–Crippen MR) is 101 cm³/mol. The maximum absolute atomic E-state index is 13.2. The van der Waals surface area contributed by atoms with Gasteiger partial charge in [-0.25, -0.2) is 4.39 Å². The Morgan fingerprint density at radius 3 is 2.54 bits per heavy atom. The molecule has 1 saturated carbocycles. The quantitative estimate of drug-likeness (QED) is 0.768. The first-order valence-electron chi connectivity index (χ1n) is 9.00. The van der Waals surface area contributed by atoms with Crippen molar-refractivity contribution in [3.8, 4) is 0 Å². The van der Waals surface area contributed by atoms with Gasteiger partial charge in [0.2, 0.25) is 5.91 Å². The molecule has 1 aliphatic carbocycles. The molecule has 0 bridgehead atoms. The molecule has 1 aliphatic rings. The molecule has 0 aliphatic heterocycles. The smallest absolute Gasteiger partial charge is 0.261 e. The molecule has 0 saturated heterocycles. The van der Waals surface area contributed by atoms with Gasteiger partial charge in [0, 0.05) is 13.0 Å². The molecule has 1 heterocycles. The van der Waals surface area contributed by atoms with Crippen LogP contribution in [0.25, 0.3) is 0 Å². The molecule has 1 atom stereocenters. The second-order valence-corrected chi connectivity index (χ2v) is 7.57. The maximum atomic E-state index is 13.2. The number of nitrogens with one attached hydrogen (secondary N) is 2. The summed E-state index contributed by atoms with van der Waals surface area (Å²) in [7, 11) is 0. The summed E-state index contributed by atoms with van der Waals surface area (Å²) >= 11 is 1.37. The van der Waals surface area contributed by atoms with Crippen molar-refractivity contribution in [2.45, 2.75) is 38.1 Å². The molecule has 1 unspecified atom stereocenters. The number of halogens is 1. The lowest BCUT2D eigenvalue weighted by Crippen LogP contribution is -2.35. The summed E-state index contributed by atoms with van der Waals surface area (Å²) in [5.74, 6) is -0.150. The summed E-state index contributed by atoms with van der Waals surface area (Å²) in [6, 6.07) is 9.84. The molecule has 0 spiro atoms. The van der Waals surface area contributed by atoms with Crippen LogP contribution in [0.5, 0.6) is 0 Å². The van der Waals surface area contributed by atoms with Gasteiger partial charge in [-0.2, -0.15) is 0 Å². The fraction of sp³-hybridized carbons (Fsp3) is 0.400. The summed E-state index contributed by atoms with van der Waals surface area (Å²) in [5.41, 5.74) is 0.939. The van der Waals surface area contributed by atoms with Gasteiger partial charge >= 0.3 is 0 Å². The molecule has 138 valence electrons. The van der Waals surface area contributed by atoms with E-state index in [-0.39, 0.29) is 30.1 Å². The average Bonchev–Trinajstić information content (AvgIpc) is 3.34. The van der Waals surface area contributed by atoms with Gasteiger partial charge in [0.15, 0.2) is 0 Å². The van der Waals surface area contributed by atoms with Crippen molar-refractivity contribution in [1.82, 2.24) is 10.6 Å². The number of carbonyl (C=O) groups is 2. The fourth-order valence-electron chi connectivity index (χ4n) is 3.46. The van der Waals surface area contributed by atoms with Crippen LogP contribution in [0.3, 0.4) is 0 Å². The third-order valence-corrected chi connectivity index (χ3v) is 5.67. The highest BCUT2D eigenvalue weighted by molar-refractivity contribution is 7.12. The lowest BCUT2D eigenvalue weighted by molar-refractivity contribution is -0.122. The standard InChI is InChI=1S/C20H23FN2O2S/c21-16-9-7-15(8-10-16)19(14-4-1-2-5-14)23-18(24)11-12-22-20(25)17-6-3-13-26-17/h3,6-10,13-14,19H,1-2,4-5,11-12H2,(H,22,25)(H,23,24). The summed E-state index contributed by atoms with van der Waals surface area (Å²) in [6.45, 7) is 0.295. The largest absolute Gasteiger partial charge is 0.351 e. The van der Waals surface area contributed by atoms with E-state index in [0.717, 1.165) is 31.2 Å². The predicted octanol–water partition coefficient (Wildman–Crippen LogP) is 4.05. The van der Waals surface area contributed by atoms with Gasteiger partial charge in [-0.3, -0.25) is 9.59 Å². The third kappa shape index (κ3) is 4.91. The van der Waals surface area contributed by atoms with Gasteiger partial charge < -0.3 is 10.6 Å². The Kier molecular flexibility index (Phi) is 6.39. The summed E-state index contributed by atoms with van der Waals surface area (Å²) in [5, 5.41) is 7.70. The minimum absolute atomic E-state index is 0.0985. The molecule has 0 radical (unpaired) electrons. The first-order chi connectivity index (χ1) is 12.6. The highest BCUT2D eigenvalue weighted by Crippen LogP contribution is 2.35. The fourth-order valence-corrected chi connectivity index (χ4v) is 4.10. The first kappa shape index (κ1) is 18.6. The van der Waals surface area contributed by atoms with E-state index in [0.29, 0.717) is 17.3 Å². The van der Waals surface area contributed by atoms with Crippen LogP contribution in [0, 0.1) is 11.7 Å². The topological polar surface area (TPSA) is 58.2 Å². The van der Waals surface area contributed by atoms with Crippen LogP contribution in [0.1, 0.15) is 53.4 Å². The Hall–Kier alpha value is -2.21. The number of carbonyl (C=O) groups excluding carboxylic acids is 2. The maximum Gasteiger partial charge on any atom is 0.261 e. The SMILES string of the molecule is O=C(CCNC(=O)c1cccs1)NC(c1ccc(F)cc1)C1CCCC1. The minimum Gasteiger partial charge on any atom is -0.351 e. The van der Waals surface area contributed by atoms with Crippen LogP contribution in [0.4, 0.5) is 4.39 Å². The van der Waals surface area contributed by atoms with Crippen LogP contribution >= 0.6 is 11.3 Å². The van der Waals surface area contributed by atoms with E-state index in [9.17, 15) is 14.0 Å². The van der Waals surface area contributed by atoms with Crippen LogP contribution in [-0.2, 0) is 4.79 Å². The summed E-state index contributed by atoms with van der Waals surface area (Å²) in [4.78, 5) is 24.9. The van der Waals surface area contributed by atoms with Crippen LogP contribution in [-0.4, -0.2) is 18.4 Å². The molecule has 2 amide bonds. The van der Waals surface area contributed by atoms with Crippen molar-refractivity contribution < 1.29 is 14.0 Å². The Labute approximate surface area is 156 Å². The highest BCUT2D eigenvalue weighted by atomic mass is 32.1. The van der Waals surface area contributed by atoms with Crippen molar-refractivity contribution in [1.29, 1.82) is 0 Å². The molecule has 26 heavy (non-hydrogen) atoms. The van der Waals surface area contributed by atoms with Crippen molar-refractivity contribution in [3.63, 3.8) is 0 Å². The van der Waals surface area contributed by atoms with E-state index in [1.54, 1.807) is 18.2 Å². The second-order valence-electron chi connectivity index (χ2n) is 6.62. The second kappa shape index (κ2) is 8.94. The monoisotopic (exact) mass is 374 g/mol. The third-order valence-electron chi connectivity index (χ3n) is 4.80. The molecule has 1 aromatic heterocycles. The molecule has 3 rings (SSSR count). The van der Waals surface area contributed by atoms with Crippen molar-refractivity contribution in [3.05, 3.63) is 58.0 Å². The zero-order valence-electron chi connectivity index (χ0n) is 14.5. The highest BCUT2D eigenvalue weighted by Gasteiger charge is 2.27. The Morgan fingerprint density at radius 1 is 1.15 bits per heavy atom. The van der Waals surface area contributed by atoms with Crippen LogP contribution in [0.15, 0.2) is 41.8 Å². The molecular formula is C20H23FN2O2S. The van der Waals surface area contributed by atoms with E-state index in [1.807, 2.05) is 11.4 Å². The number of hydrogen-bond donors (Lipinski definition) is 2. The van der Waals surface area contributed by atoms with Gasteiger partial charge in [-0.05, 0) is 47.9 Å². The number of benzene rings is 1. The minimum atomic E-state index is -0.276. The molecule has 2 N–H and O–H groups in total. The Morgan fingerprint density at radius 2 is 1.88 bits per heavy atom. The van der Waals surface area contributed by atoms with E-state index >= 15 is 0 Å². The van der Waals surface area contributed by atoms with Gasteiger partial charge in [0.1, 0.15) is 5.82 Å². The summed E-state index contributed by atoms with van der Waals surface area (Å²) in [6.07, 6.45) is 4.68. The first-order valence-corrected chi connectivity index (χ1v) is 9.88. The number of rotatable bonds is 7. The lowest BCUT2D eigenvalue weighted by atomic mass is 9.91. The van der Waals surface area contributed by atoms with Gasteiger partial charge in [0.05, 0.1) is 10.9 Å². The zero-order valence-corrected chi connectivity index (χ0v) is 15.4. The van der Waals surface area contributed by atoms with Crippen molar-refractivity contribution in [2.75, 3.05) is 6.54 Å². The molecule has 1 fully saturated rings. The Balaban J connectivity index is 1.55. The van der Waals surface area contributed by atoms with Gasteiger partial charge in [0.25, 0.3) is 5.91 Å². The average molecular weight is 374 g/mol. The van der Waals surface area contributed by atoms with Crippen LogP contribution in [0.2, 0.25) is 0 Å². The van der Waals surface area contributed by atoms with Crippen molar-refractivity contribution in [2.24, 2.45) is 5.92 Å². The number of thiophene rings is 1. The van der Waals surface area contributed by atoms with Crippen LogP contribution < -0.4 is 10.6 Å². The normalized spacial score (nSPS) is 15.6.